The topological polar surface area (TPSA) is 29.9 Å². The highest BCUT2D eigenvalue weighted by molar-refractivity contribution is 4.95. The van der Waals surface area contributed by atoms with Crippen molar-refractivity contribution in [1.82, 2.24) is 14.9 Å². The van der Waals surface area contributed by atoms with Crippen LogP contribution in [0.2, 0.25) is 0 Å². The molecular formula is C11H17N3. The van der Waals surface area contributed by atoms with Crippen molar-refractivity contribution in [2.24, 2.45) is 0 Å². The van der Waals surface area contributed by atoms with Gasteiger partial charge in [0.15, 0.2) is 0 Å². The van der Waals surface area contributed by atoms with E-state index in [1.807, 2.05) is 12.5 Å². The Balaban J connectivity index is 1.71. The summed E-state index contributed by atoms with van der Waals surface area (Å²) >= 11 is 0. The lowest BCUT2D eigenvalue weighted by atomic mass is 10.1. The molecule has 3 rings (SSSR count). The maximum absolute atomic E-state index is 4.13. The Labute approximate surface area is 84.5 Å². The fourth-order valence-corrected chi connectivity index (χ4v) is 2.51. The van der Waals surface area contributed by atoms with Gasteiger partial charge in [-0.05, 0) is 32.1 Å². The Morgan fingerprint density at radius 3 is 2.86 bits per heavy atom. The largest absolute Gasteiger partial charge is 0.333 e. The van der Waals surface area contributed by atoms with Gasteiger partial charge in [-0.25, -0.2) is 4.98 Å². The lowest BCUT2D eigenvalue weighted by Crippen LogP contribution is -2.34. The SMILES string of the molecule is c1cn(C2CCCC2NC2CC2)cn1. The summed E-state index contributed by atoms with van der Waals surface area (Å²) in [5, 5.41) is 3.74. The van der Waals surface area contributed by atoms with Crippen LogP contribution in [0, 0.1) is 0 Å². The van der Waals surface area contributed by atoms with E-state index in [2.05, 4.69) is 21.1 Å². The predicted molar refractivity (Wildman–Crippen MR) is 55.1 cm³/mol. The summed E-state index contributed by atoms with van der Waals surface area (Å²) in [5.74, 6) is 0. The second-order valence-electron chi connectivity index (χ2n) is 4.56. The molecule has 2 saturated carbocycles. The minimum absolute atomic E-state index is 0.651. The quantitative estimate of drug-likeness (QED) is 0.788. The van der Waals surface area contributed by atoms with E-state index in [0.29, 0.717) is 12.1 Å². The van der Waals surface area contributed by atoms with Gasteiger partial charge >= 0.3 is 0 Å². The molecule has 3 nitrogen and oxygen atoms in total. The molecule has 1 aromatic rings. The molecular weight excluding hydrogens is 174 g/mol. The fourth-order valence-electron chi connectivity index (χ4n) is 2.51. The van der Waals surface area contributed by atoms with Crippen molar-refractivity contribution in [3.05, 3.63) is 18.7 Å². The fraction of sp³-hybridized carbons (Fsp3) is 0.727. The minimum atomic E-state index is 0.651. The number of hydrogen-bond donors (Lipinski definition) is 1. The summed E-state index contributed by atoms with van der Waals surface area (Å²) in [6.45, 7) is 0. The molecule has 2 atom stereocenters. The molecule has 0 radical (unpaired) electrons. The van der Waals surface area contributed by atoms with Gasteiger partial charge in [0.2, 0.25) is 0 Å². The van der Waals surface area contributed by atoms with Gasteiger partial charge in [0.05, 0.1) is 6.33 Å². The molecule has 0 spiro atoms. The van der Waals surface area contributed by atoms with Crippen molar-refractivity contribution < 1.29 is 0 Å². The molecule has 0 bridgehead atoms. The normalized spacial score (nSPS) is 32.3. The van der Waals surface area contributed by atoms with Crippen LogP contribution in [0.1, 0.15) is 38.1 Å². The lowest BCUT2D eigenvalue weighted by Gasteiger charge is -2.21. The van der Waals surface area contributed by atoms with Gasteiger partial charge in [-0.15, -0.1) is 0 Å². The van der Waals surface area contributed by atoms with Crippen molar-refractivity contribution in [2.75, 3.05) is 0 Å². The molecule has 0 aliphatic heterocycles. The second-order valence-corrected chi connectivity index (χ2v) is 4.56. The molecule has 14 heavy (non-hydrogen) atoms. The van der Waals surface area contributed by atoms with Crippen LogP contribution in [0.15, 0.2) is 18.7 Å². The van der Waals surface area contributed by atoms with Gasteiger partial charge in [0.1, 0.15) is 0 Å². The lowest BCUT2D eigenvalue weighted by molar-refractivity contribution is 0.389. The van der Waals surface area contributed by atoms with E-state index < -0.39 is 0 Å². The number of rotatable bonds is 3. The van der Waals surface area contributed by atoms with Crippen LogP contribution in [-0.2, 0) is 0 Å². The van der Waals surface area contributed by atoms with Crippen LogP contribution in [0.4, 0.5) is 0 Å². The molecule has 1 aromatic heterocycles. The number of nitrogens with zero attached hydrogens (tertiary/aromatic N) is 2. The first-order valence-corrected chi connectivity index (χ1v) is 5.67. The molecule has 1 heterocycles. The third-order valence-electron chi connectivity index (χ3n) is 3.41. The highest BCUT2D eigenvalue weighted by Crippen LogP contribution is 2.32. The minimum Gasteiger partial charge on any atom is -0.333 e. The standard InChI is InChI=1S/C11H17N3/c1-2-10(13-9-4-5-9)11(3-1)14-7-6-12-8-14/h6-11,13H,1-5H2. The number of aromatic nitrogens is 2. The van der Waals surface area contributed by atoms with E-state index in [4.69, 9.17) is 0 Å². The van der Waals surface area contributed by atoms with Gasteiger partial charge in [-0.3, -0.25) is 0 Å². The smallest absolute Gasteiger partial charge is 0.0949 e. The van der Waals surface area contributed by atoms with Gasteiger partial charge in [-0.1, -0.05) is 0 Å². The number of hydrogen-bond acceptors (Lipinski definition) is 2. The zero-order valence-corrected chi connectivity index (χ0v) is 8.39. The molecule has 2 aliphatic carbocycles. The molecule has 3 heteroatoms. The molecule has 2 aliphatic rings. The first-order chi connectivity index (χ1) is 6.93. The van der Waals surface area contributed by atoms with Crippen LogP contribution < -0.4 is 5.32 Å². The van der Waals surface area contributed by atoms with Crippen molar-refractivity contribution in [2.45, 2.75) is 50.2 Å². The van der Waals surface area contributed by atoms with Crippen LogP contribution >= 0.6 is 0 Å². The molecule has 2 unspecified atom stereocenters. The third kappa shape index (κ3) is 1.57. The molecule has 0 amide bonds. The average Bonchev–Trinajstić information content (AvgIpc) is 2.68. The summed E-state index contributed by atoms with van der Waals surface area (Å²) in [6, 6.07) is 2.17. The van der Waals surface area contributed by atoms with Crippen molar-refractivity contribution in [3.8, 4) is 0 Å². The van der Waals surface area contributed by atoms with E-state index >= 15 is 0 Å². The molecule has 76 valence electrons. The summed E-state index contributed by atoms with van der Waals surface area (Å²) in [5.41, 5.74) is 0. The highest BCUT2D eigenvalue weighted by Gasteiger charge is 2.32. The van der Waals surface area contributed by atoms with Gasteiger partial charge in [0.25, 0.3) is 0 Å². The maximum Gasteiger partial charge on any atom is 0.0949 e. The molecule has 1 N–H and O–H groups in total. The van der Waals surface area contributed by atoms with E-state index in [1.54, 1.807) is 0 Å². The Morgan fingerprint density at radius 2 is 2.14 bits per heavy atom. The van der Waals surface area contributed by atoms with Gasteiger partial charge in [0, 0.05) is 30.5 Å². The van der Waals surface area contributed by atoms with E-state index in [1.165, 1.54) is 32.1 Å². The van der Waals surface area contributed by atoms with Crippen molar-refractivity contribution in [1.29, 1.82) is 0 Å². The second kappa shape index (κ2) is 3.39. The van der Waals surface area contributed by atoms with Crippen LogP contribution in [0.25, 0.3) is 0 Å². The first-order valence-electron chi connectivity index (χ1n) is 5.67. The first kappa shape index (κ1) is 8.48. The summed E-state index contributed by atoms with van der Waals surface area (Å²) in [4.78, 5) is 4.13. The van der Waals surface area contributed by atoms with Crippen LogP contribution in [0.3, 0.4) is 0 Å². The van der Waals surface area contributed by atoms with Crippen molar-refractivity contribution in [3.63, 3.8) is 0 Å². The van der Waals surface area contributed by atoms with E-state index in [0.717, 1.165) is 6.04 Å². The monoisotopic (exact) mass is 191 g/mol. The van der Waals surface area contributed by atoms with E-state index in [-0.39, 0.29) is 0 Å². The number of imidazole rings is 1. The molecule has 0 aromatic carbocycles. The molecule has 0 saturated heterocycles. The Kier molecular flexibility index (Phi) is 2.05. The highest BCUT2D eigenvalue weighted by atomic mass is 15.1. The number of nitrogens with one attached hydrogen (secondary N) is 1. The molecule has 2 fully saturated rings. The summed E-state index contributed by atoms with van der Waals surface area (Å²) in [7, 11) is 0. The maximum atomic E-state index is 4.13. The van der Waals surface area contributed by atoms with Gasteiger partial charge < -0.3 is 9.88 Å². The summed E-state index contributed by atoms with van der Waals surface area (Å²) < 4.78 is 2.27. The summed E-state index contributed by atoms with van der Waals surface area (Å²) in [6.07, 6.45) is 12.7. The average molecular weight is 191 g/mol. The zero-order chi connectivity index (χ0) is 9.38. The van der Waals surface area contributed by atoms with Gasteiger partial charge in [-0.2, -0.15) is 0 Å². The third-order valence-corrected chi connectivity index (χ3v) is 3.41. The van der Waals surface area contributed by atoms with Crippen LogP contribution in [-0.4, -0.2) is 21.6 Å². The Bertz CT molecular complexity index is 289. The predicted octanol–water partition coefficient (Wildman–Crippen LogP) is 1.73. The van der Waals surface area contributed by atoms with Crippen LogP contribution in [0.5, 0.6) is 0 Å². The Morgan fingerprint density at radius 1 is 1.21 bits per heavy atom. The Hall–Kier alpha value is -0.830. The van der Waals surface area contributed by atoms with Crippen molar-refractivity contribution >= 4 is 0 Å². The van der Waals surface area contributed by atoms with E-state index in [9.17, 15) is 0 Å². The zero-order valence-electron chi connectivity index (χ0n) is 8.39.